The lowest BCUT2D eigenvalue weighted by Crippen LogP contribution is -2.30. The van der Waals surface area contributed by atoms with Gasteiger partial charge in [0.25, 0.3) is 0 Å². The van der Waals surface area contributed by atoms with Crippen LogP contribution in [0.2, 0.25) is 0 Å². The van der Waals surface area contributed by atoms with E-state index < -0.39 is 0 Å². The van der Waals surface area contributed by atoms with Gasteiger partial charge in [-0.3, -0.25) is 0 Å². The number of hydrogen-bond acceptors (Lipinski definition) is 2. The molecule has 3 rings (SSSR count). The first-order chi connectivity index (χ1) is 12.7. The summed E-state index contributed by atoms with van der Waals surface area (Å²) in [4.78, 5) is 0. The zero-order valence-electron chi connectivity index (χ0n) is 17.2. The molecule has 1 saturated carbocycles. The van der Waals surface area contributed by atoms with Crippen LogP contribution in [0.1, 0.15) is 47.9 Å². The number of nitrogens with one attached hydrogen (secondary N) is 2. The molecular formula is C24H36Cl2N2. The lowest BCUT2D eigenvalue weighted by molar-refractivity contribution is 0.261. The van der Waals surface area contributed by atoms with Crippen molar-refractivity contribution in [3.8, 4) is 0 Å². The molecule has 2 aromatic rings. The zero-order valence-corrected chi connectivity index (χ0v) is 18.9. The predicted octanol–water partition coefficient (Wildman–Crippen LogP) is 5.83. The molecule has 4 heteroatoms. The van der Waals surface area contributed by atoms with Crippen LogP contribution >= 0.6 is 24.8 Å². The van der Waals surface area contributed by atoms with Gasteiger partial charge in [-0.2, -0.15) is 0 Å². The first-order valence-electron chi connectivity index (χ1n) is 10.2. The lowest BCUT2D eigenvalue weighted by atomic mass is 9.82. The Morgan fingerprint density at radius 1 is 0.607 bits per heavy atom. The number of hydrogen-bond donors (Lipinski definition) is 2. The SMILES string of the molecule is Cc1ccc(CNCC2CCC(CNCc3ccc(C)cc3)CC2)cc1.Cl.Cl. The van der Waals surface area contributed by atoms with Crippen LogP contribution in [-0.2, 0) is 13.1 Å². The van der Waals surface area contributed by atoms with Crippen molar-refractivity contribution in [2.45, 2.75) is 52.6 Å². The van der Waals surface area contributed by atoms with Gasteiger partial charge >= 0.3 is 0 Å². The Morgan fingerprint density at radius 2 is 0.929 bits per heavy atom. The maximum atomic E-state index is 3.66. The normalized spacial score (nSPS) is 18.8. The van der Waals surface area contributed by atoms with Crippen molar-refractivity contribution in [1.82, 2.24) is 10.6 Å². The third-order valence-electron chi connectivity index (χ3n) is 5.73. The molecule has 28 heavy (non-hydrogen) atoms. The van der Waals surface area contributed by atoms with Gasteiger partial charge < -0.3 is 10.6 Å². The van der Waals surface area contributed by atoms with Gasteiger partial charge in [0, 0.05) is 13.1 Å². The van der Waals surface area contributed by atoms with E-state index in [0.29, 0.717) is 0 Å². The van der Waals surface area contributed by atoms with Gasteiger partial charge in [0.05, 0.1) is 0 Å². The summed E-state index contributed by atoms with van der Waals surface area (Å²) in [5.74, 6) is 1.71. The van der Waals surface area contributed by atoms with E-state index in [1.807, 2.05) is 0 Å². The first-order valence-corrected chi connectivity index (χ1v) is 10.2. The fourth-order valence-electron chi connectivity index (χ4n) is 3.89. The molecule has 0 radical (unpaired) electrons. The third kappa shape index (κ3) is 8.53. The van der Waals surface area contributed by atoms with Crippen molar-refractivity contribution in [3.63, 3.8) is 0 Å². The molecule has 2 aromatic carbocycles. The molecule has 0 amide bonds. The van der Waals surface area contributed by atoms with Gasteiger partial charge in [0.15, 0.2) is 0 Å². The fraction of sp³-hybridized carbons (Fsp3) is 0.500. The molecule has 1 aliphatic carbocycles. The predicted molar refractivity (Wildman–Crippen MR) is 126 cm³/mol. The molecule has 0 aromatic heterocycles. The molecule has 156 valence electrons. The van der Waals surface area contributed by atoms with Crippen LogP contribution in [0, 0.1) is 25.7 Å². The third-order valence-corrected chi connectivity index (χ3v) is 5.73. The molecule has 0 saturated heterocycles. The van der Waals surface area contributed by atoms with E-state index in [-0.39, 0.29) is 24.8 Å². The Morgan fingerprint density at radius 3 is 1.25 bits per heavy atom. The Labute approximate surface area is 183 Å². The highest BCUT2D eigenvalue weighted by Crippen LogP contribution is 2.28. The Balaban J connectivity index is 0.00000196. The first kappa shape index (κ1) is 25.0. The molecule has 0 atom stereocenters. The van der Waals surface area contributed by atoms with Gasteiger partial charge in [-0.25, -0.2) is 0 Å². The number of halogens is 2. The van der Waals surface area contributed by atoms with Crippen molar-refractivity contribution in [1.29, 1.82) is 0 Å². The number of benzene rings is 2. The molecule has 0 heterocycles. The van der Waals surface area contributed by atoms with E-state index in [0.717, 1.165) is 38.0 Å². The average Bonchev–Trinajstić information content (AvgIpc) is 2.66. The van der Waals surface area contributed by atoms with Crippen LogP contribution in [0.25, 0.3) is 0 Å². The highest BCUT2D eigenvalue weighted by molar-refractivity contribution is 5.85. The van der Waals surface area contributed by atoms with Crippen LogP contribution in [0.5, 0.6) is 0 Å². The minimum atomic E-state index is 0. The second-order valence-corrected chi connectivity index (χ2v) is 8.12. The quantitative estimate of drug-likeness (QED) is 0.558. The maximum Gasteiger partial charge on any atom is 0.0205 e. The summed E-state index contributed by atoms with van der Waals surface area (Å²) in [7, 11) is 0. The molecule has 1 fully saturated rings. The minimum absolute atomic E-state index is 0. The Bertz CT molecular complexity index is 588. The zero-order chi connectivity index (χ0) is 18.2. The van der Waals surface area contributed by atoms with Crippen molar-refractivity contribution in [3.05, 3.63) is 70.8 Å². The van der Waals surface area contributed by atoms with Crippen molar-refractivity contribution in [2.24, 2.45) is 11.8 Å². The topological polar surface area (TPSA) is 24.1 Å². The van der Waals surface area contributed by atoms with E-state index in [2.05, 4.69) is 73.0 Å². The van der Waals surface area contributed by atoms with E-state index in [1.165, 1.54) is 47.9 Å². The molecule has 0 aliphatic heterocycles. The van der Waals surface area contributed by atoms with Crippen LogP contribution in [0.15, 0.2) is 48.5 Å². The largest absolute Gasteiger partial charge is 0.312 e. The second-order valence-electron chi connectivity index (χ2n) is 8.12. The standard InChI is InChI=1S/C24H34N2.2ClH/c1-19-3-7-21(8-4-19)15-25-17-23-11-13-24(14-12-23)18-26-16-22-9-5-20(2)6-10-22;;/h3-10,23-26H,11-18H2,1-2H3;2*1H. The average molecular weight is 423 g/mol. The van der Waals surface area contributed by atoms with Crippen LogP contribution in [0.3, 0.4) is 0 Å². The van der Waals surface area contributed by atoms with Gasteiger partial charge in [0.2, 0.25) is 0 Å². The molecule has 0 spiro atoms. The molecule has 2 nitrogen and oxygen atoms in total. The molecular weight excluding hydrogens is 387 g/mol. The van der Waals surface area contributed by atoms with Gasteiger partial charge in [-0.1, -0.05) is 59.7 Å². The van der Waals surface area contributed by atoms with Crippen molar-refractivity contribution < 1.29 is 0 Å². The van der Waals surface area contributed by atoms with E-state index in [9.17, 15) is 0 Å². The molecule has 2 N–H and O–H groups in total. The second kappa shape index (κ2) is 13.2. The maximum absolute atomic E-state index is 3.66. The van der Waals surface area contributed by atoms with Crippen LogP contribution < -0.4 is 10.6 Å². The van der Waals surface area contributed by atoms with Crippen LogP contribution in [-0.4, -0.2) is 13.1 Å². The molecule has 1 aliphatic rings. The number of aryl methyl sites for hydroxylation is 2. The Hall–Kier alpha value is -1.06. The Kier molecular flexibility index (Phi) is 11.8. The summed E-state index contributed by atoms with van der Waals surface area (Å²) in [5, 5.41) is 7.32. The van der Waals surface area contributed by atoms with Crippen molar-refractivity contribution in [2.75, 3.05) is 13.1 Å². The monoisotopic (exact) mass is 422 g/mol. The summed E-state index contributed by atoms with van der Waals surface area (Å²) in [6.07, 6.45) is 5.49. The minimum Gasteiger partial charge on any atom is -0.312 e. The fourth-order valence-corrected chi connectivity index (χ4v) is 3.89. The van der Waals surface area contributed by atoms with Gasteiger partial charge in [0.1, 0.15) is 0 Å². The van der Waals surface area contributed by atoms with Crippen molar-refractivity contribution >= 4 is 24.8 Å². The lowest BCUT2D eigenvalue weighted by Gasteiger charge is -2.29. The smallest absolute Gasteiger partial charge is 0.0205 e. The summed E-state index contributed by atoms with van der Waals surface area (Å²) in [6, 6.07) is 17.7. The summed E-state index contributed by atoms with van der Waals surface area (Å²) in [5.41, 5.74) is 5.46. The summed E-state index contributed by atoms with van der Waals surface area (Å²) >= 11 is 0. The number of rotatable bonds is 8. The van der Waals surface area contributed by atoms with Gasteiger partial charge in [-0.05, 0) is 75.6 Å². The highest BCUT2D eigenvalue weighted by atomic mass is 35.5. The molecule has 0 unspecified atom stereocenters. The summed E-state index contributed by atoms with van der Waals surface area (Å²) in [6.45, 7) is 8.61. The van der Waals surface area contributed by atoms with Gasteiger partial charge in [-0.15, -0.1) is 24.8 Å². The van der Waals surface area contributed by atoms with E-state index >= 15 is 0 Å². The van der Waals surface area contributed by atoms with Crippen LogP contribution in [0.4, 0.5) is 0 Å². The summed E-state index contributed by atoms with van der Waals surface area (Å²) < 4.78 is 0. The van der Waals surface area contributed by atoms with E-state index in [4.69, 9.17) is 0 Å². The highest BCUT2D eigenvalue weighted by Gasteiger charge is 2.20. The molecule has 0 bridgehead atoms. The van der Waals surface area contributed by atoms with E-state index in [1.54, 1.807) is 0 Å².